The minimum Gasteiger partial charge on any atom is -0.348 e. The molecule has 0 saturated carbocycles. The first kappa shape index (κ1) is 16.4. The molecule has 5 nitrogen and oxygen atoms in total. The van der Waals surface area contributed by atoms with Gasteiger partial charge in [-0.25, -0.2) is 5.48 Å². The van der Waals surface area contributed by atoms with Gasteiger partial charge in [0.1, 0.15) is 0 Å². The van der Waals surface area contributed by atoms with Gasteiger partial charge in [-0.1, -0.05) is 23.7 Å². The average Bonchev–Trinajstić information content (AvgIpc) is 3.02. The van der Waals surface area contributed by atoms with Crippen molar-refractivity contribution in [3.8, 4) is 0 Å². The van der Waals surface area contributed by atoms with Crippen molar-refractivity contribution >= 4 is 44.8 Å². The van der Waals surface area contributed by atoms with E-state index < -0.39 is 5.91 Å². The lowest BCUT2D eigenvalue weighted by Crippen LogP contribution is -2.22. The van der Waals surface area contributed by atoms with E-state index in [4.69, 9.17) is 16.8 Å². The second-order valence-electron chi connectivity index (χ2n) is 5.12. The quantitative estimate of drug-likeness (QED) is 0.491. The van der Waals surface area contributed by atoms with Crippen LogP contribution in [0.25, 0.3) is 10.1 Å². The van der Waals surface area contributed by atoms with Crippen molar-refractivity contribution < 1.29 is 14.8 Å². The Morgan fingerprint density at radius 2 is 1.92 bits per heavy atom. The molecule has 0 saturated heterocycles. The summed E-state index contributed by atoms with van der Waals surface area (Å²) in [6.07, 6.45) is 0. The molecule has 122 valence electrons. The highest BCUT2D eigenvalue weighted by Crippen LogP contribution is 2.26. The van der Waals surface area contributed by atoms with Crippen LogP contribution < -0.4 is 10.8 Å². The van der Waals surface area contributed by atoms with E-state index in [-0.39, 0.29) is 5.91 Å². The fraction of sp³-hybridized carbons (Fsp3) is 0.0588. The van der Waals surface area contributed by atoms with Crippen molar-refractivity contribution in [2.75, 3.05) is 0 Å². The summed E-state index contributed by atoms with van der Waals surface area (Å²) in [6, 6.07) is 14.1. The van der Waals surface area contributed by atoms with Gasteiger partial charge in [0, 0.05) is 21.8 Å². The molecule has 2 aromatic carbocycles. The monoisotopic (exact) mass is 360 g/mol. The molecule has 0 atom stereocenters. The van der Waals surface area contributed by atoms with Gasteiger partial charge in [-0.15, -0.1) is 11.3 Å². The predicted molar refractivity (Wildman–Crippen MR) is 93.7 cm³/mol. The van der Waals surface area contributed by atoms with Crippen LogP contribution in [0.2, 0.25) is 5.02 Å². The maximum atomic E-state index is 12.3. The Labute approximate surface area is 146 Å². The van der Waals surface area contributed by atoms with Crippen molar-refractivity contribution in [1.82, 2.24) is 10.8 Å². The molecule has 3 N–H and O–H groups in total. The highest BCUT2D eigenvalue weighted by atomic mass is 35.5. The lowest BCUT2D eigenvalue weighted by molar-refractivity contribution is 0.0711. The zero-order valence-electron chi connectivity index (χ0n) is 12.4. The maximum absolute atomic E-state index is 12.3. The van der Waals surface area contributed by atoms with Crippen LogP contribution in [0.3, 0.4) is 0 Å². The first-order chi connectivity index (χ1) is 11.6. The van der Waals surface area contributed by atoms with Gasteiger partial charge in [-0.05, 0) is 47.3 Å². The molecule has 3 aromatic rings. The second-order valence-corrected chi connectivity index (χ2v) is 6.64. The molecule has 24 heavy (non-hydrogen) atoms. The Bertz CT molecular complexity index is 923. The van der Waals surface area contributed by atoms with Crippen LogP contribution in [0.1, 0.15) is 25.6 Å². The van der Waals surface area contributed by atoms with Crippen LogP contribution in [0.5, 0.6) is 0 Å². The van der Waals surface area contributed by atoms with Gasteiger partial charge < -0.3 is 5.32 Å². The lowest BCUT2D eigenvalue weighted by Gasteiger charge is -2.06. The number of hydrogen-bond acceptors (Lipinski definition) is 4. The first-order valence-corrected chi connectivity index (χ1v) is 8.27. The molecule has 0 aliphatic rings. The van der Waals surface area contributed by atoms with Gasteiger partial charge in [0.2, 0.25) is 0 Å². The zero-order valence-corrected chi connectivity index (χ0v) is 13.9. The summed E-state index contributed by atoms with van der Waals surface area (Å²) >= 11 is 7.16. The summed E-state index contributed by atoms with van der Waals surface area (Å²) < 4.78 is 0.861. The topological polar surface area (TPSA) is 78.4 Å². The van der Waals surface area contributed by atoms with E-state index in [2.05, 4.69) is 5.32 Å². The highest BCUT2D eigenvalue weighted by molar-refractivity contribution is 7.20. The molecule has 0 radical (unpaired) electrons. The number of carbonyl (C=O) groups is 2. The van der Waals surface area contributed by atoms with Crippen LogP contribution in [0.4, 0.5) is 0 Å². The summed E-state index contributed by atoms with van der Waals surface area (Å²) in [5, 5.41) is 12.9. The van der Waals surface area contributed by atoms with E-state index in [0.717, 1.165) is 15.6 Å². The number of amides is 2. The van der Waals surface area contributed by atoms with Crippen LogP contribution in [-0.2, 0) is 6.54 Å². The third-order valence-corrected chi connectivity index (χ3v) is 4.80. The molecule has 0 fully saturated rings. The molecule has 0 bridgehead atoms. The van der Waals surface area contributed by atoms with Crippen molar-refractivity contribution in [3.63, 3.8) is 0 Å². The third kappa shape index (κ3) is 3.56. The van der Waals surface area contributed by atoms with Crippen molar-refractivity contribution in [2.24, 2.45) is 0 Å². The number of fused-ring (bicyclic) bond motifs is 1. The number of carbonyl (C=O) groups excluding carboxylic acids is 2. The van der Waals surface area contributed by atoms with Gasteiger partial charge in [-0.2, -0.15) is 0 Å². The van der Waals surface area contributed by atoms with E-state index >= 15 is 0 Å². The summed E-state index contributed by atoms with van der Waals surface area (Å²) in [5.41, 5.74) is 3.01. The predicted octanol–water partition coefficient (Wildman–Crippen LogP) is 3.60. The van der Waals surface area contributed by atoms with E-state index in [1.807, 2.05) is 12.1 Å². The Kier molecular flexibility index (Phi) is 4.80. The number of rotatable bonds is 4. The number of hydrogen-bond donors (Lipinski definition) is 3. The summed E-state index contributed by atoms with van der Waals surface area (Å²) in [4.78, 5) is 24.1. The average molecular weight is 361 g/mol. The lowest BCUT2D eigenvalue weighted by atomic mass is 10.1. The van der Waals surface area contributed by atoms with Crippen LogP contribution in [0.15, 0.2) is 48.5 Å². The fourth-order valence-electron chi connectivity index (χ4n) is 2.28. The molecule has 1 heterocycles. The molecule has 0 aliphatic heterocycles. The van der Waals surface area contributed by atoms with Crippen LogP contribution >= 0.6 is 22.9 Å². The number of nitrogens with one attached hydrogen (secondary N) is 2. The minimum absolute atomic E-state index is 0.212. The molecule has 3 rings (SSSR count). The summed E-state index contributed by atoms with van der Waals surface area (Å²) in [7, 11) is 0. The molecule has 0 unspecified atom stereocenters. The van der Waals surface area contributed by atoms with Crippen molar-refractivity contribution in [3.05, 3.63) is 69.6 Å². The van der Waals surface area contributed by atoms with E-state index in [1.165, 1.54) is 11.3 Å². The summed E-state index contributed by atoms with van der Waals surface area (Å²) in [5.74, 6) is -0.778. The number of thiophene rings is 1. The SMILES string of the molecule is O=C(NCc1cccc(Cl)c1)c1ccc2sc(C(=O)NO)cc2c1. The normalized spacial score (nSPS) is 10.6. The van der Waals surface area contributed by atoms with Crippen molar-refractivity contribution in [2.45, 2.75) is 6.54 Å². The molecule has 1 aromatic heterocycles. The highest BCUT2D eigenvalue weighted by Gasteiger charge is 2.12. The van der Waals surface area contributed by atoms with E-state index in [9.17, 15) is 9.59 Å². The van der Waals surface area contributed by atoms with E-state index in [1.54, 1.807) is 41.9 Å². The molecule has 0 spiro atoms. The van der Waals surface area contributed by atoms with Crippen molar-refractivity contribution in [1.29, 1.82) is 0 Å². The molecular weight excluding hydrogens is 348 g/mol. The number of halogens is 1. The number of benzene rings is 2. The first-order valence-electron chi connectivity index (χ1n) is 7.07. The Hall–Kier alpha value is -2.41. The molecule has 2 amide bonds. The zero-order chi connectivity index (χ0) is 17.1. The van der Waals surface area contributed by atoms with Gasteiger partial charge in [-0.3, -0.25) is 14.8 Å². The Balaban J connectivity index is 1.76. The minimum atomic E-state index is -0.567. The maximum Gasteiger partial charge on any atom is 0.284 e. The fourth-order valence-corrected chi connectivity index (χ4v) is 3.43. The van der Waals surface area contributed by atoms with Crippen LogP contribution in [-0.4, -0.2) is 17.0 Å². The Morgan fingerprint density at radius 1 is 1.08 bits per heavy atom. The van der Waals surface area contributed by atoms with Gasteiger partial charge in [0.15, 0.2) is 0 Å². The van der Waals surface area contributed by atoms with Gasteiger partial charge in [0.25, 0.3) is 11.8 Å². The van der Waals surface area contributed by atoms with E-state index in [0.29, 0.717) is 22.0 Å². The third-order valence-electron chi connectivity index (χ3n) is 3.45. The molecular formula is C17H13ClN2O3S. The summed E-state index contributed by atoms with van der Waals surface area (Å²) in [6.45, 7) is 0.374. The molecule has 0 aliphatic carbocycles. The standard InChI is InChI=1S/C17H13ClN2O3S/c18-13-3-1-2-10(6-13)9-19-16(21)11-4-5-14-12(7-11)8-15(24-14)17(22)20-23/h1-8,23H,9H2,(H,19,21)(H,20,22). The smallest absolute Gasteiger partial charge is 0.284 e. The van der Waals surface area contributed by atoms with Gasteiger partial charge >= 0.3 is 0 Å². The second kappa shape index (κ2) is 7.00. The van der Waals surface area contributed by atoms with Crippen LogP contribution in [0, 0.1) is 0 Å². The largest absolute Gasteiger partial charge is 0.348 e. The molecule has 7 heteroatoms. The number of hydroxylamine groups is 1. The Morgan fingerprint density at radius 3 is 2.67 bits per heavy atom. The van der Waals surface area contributed by atoms with Gasteiger partial charge in [0.05, 0.1) is 4.88 Å².